The first-order valence-electron chi connectivity index (χ1n) is 6.62. The molecule has 3 aromatic rings. The summed E-state index contributed by atoms with van der Waals surface area (Å²) in [5.74, 6) is -0.253. The van der Waals surface area contributed by atoms with E-state index in [-0.39, 0.29) is 0 Å². The van der Waals surface area contributed by atoms with Crippen LogP contribution in [0.5, 0.6) is 5.75 Å². The fourth-order valence-electron chi connectivity index (χ4n) is 2.27. The molecule has 2 heterocycles. The molecule has 1 N–H and O–H groups in total. The third-order valence-corrected chi connectivity index (χ3v) is 4.10. The predicted molar refractivity (Wildman–Crippen MR) is 86.5 cm³/mol. The molecule has 0 saturated carbocycles. The molecule has 0 fully saturated rings. The summed E-state index contributed by atoms with van der Waals surface area (Å²) in [7, 11) is 1.61. The van der Waals surface area contributed by atoms with E-state index >= 15 is 0 Å². The van der Waals surface area contributed by atoms with Crippen molar-refractivity contribution in [3.05, 3.63) is 47.1 Å². The van der Waals surface area contributed by atoms with Gasteiger partial charge in [0.2, 0.25) is 0 Å². The van der Waals surface area contributed by atoms with Gasteiger partial charge in [-0.3, -0.25) is 4.40 Å². The van der Waals surface area contributed by atoms with E-state index in [0.717, 1.165) is 38.6 Å². The summed E-state index contributed by atoms with van der Waals surface area (Å²) in [6, 6.07) is 7.56. The molecule has 3 rings (SSSR count). The molecule has 6 heteroatoms. The zero-order valence-electron chi connectivity index (χ0n) is 12.1. The van der Waals surface area contributed by atoms with Crippen LogP contribution in [-0.2, 0) is 4.79 Å². The molecule has 1 aromatic carbocycles. The number of hydrogen-bond donors (Lipinski definition) is 1. The summed E-state index contributed by atoms with van der Waals surface area (Å²) in [5, 5.41) is 8.90. The van der Waals surface area contributed by atoms with Crippen LogP contribution in [0.1, 0.15) is 10.6 Å². The highest BCUT2D eigenvalue weighted by atomic mass is 32.1. The number of imidazole rings is 1. The molecule has 0 spiro atoms. The first-order chi connectivity index (χ1) is 10.6. The molecule has 5 nitrogen and oxygen atoms in total. The smallest absolute Gasteiger partial charge is 0.328 e. The molecule has 0 unspecified atom stereocenters. The van der Waals surface area contributed by atoms with E-state index in [0.29, 0.717) is 0 Å². The molecular formula is C16H14N2O3S. The van der Waals surface area contributed by atoms with Gasteiger partial charge in [-0.2, -0.15) is 0 Å². The zero-order chi connectivity index (χ0) is 15.7. The Morgan fingerprint density at radius 1 is 1.45 bits per heavy atom. The molecule has 0 radical (unpaired) electrons. The zero-order valence-corrected chi connectivity index (χ0v) is 12.9. The number of ether oxygens (including phenoxy) is 1. The number of hydrogen-bond acceptors (Lipinski definition) is 4. The number of aromatic nitrogens is 2. The number of aliphatic carboxylic acids is 1. The van der Waals surface area contributed by atoms with Gasteiger partial charge in [0.05, 0.1) is 18.5 Å². The molecule has 0 aliphatic heterocycles. The summed E-state index contributed by atoms with van der Waals surface area (Å²) >= 11 is 1.57. The van der Waals surface area contributed by atoms with E-state index in [1.165, 1.54) is 0 Å². The van der Waals surface area contributed by atoms with Crippen molar-refractivity contribution in [2.75, 3.05) is 7.11 Å². The van der Waals surface area contributed by atoms with E-state index in [1.807, 2.05) is 41.8 Å². The Morgan fingerprint density at radius 2 is 2.27 bits per heavy atom. The second-order valence-corrected chi connectivity index (χ2v) is 5.96. The van der Waals surface area contributed by atoms with Crippen molar-refractivity contribution in [2.45, 2.75) is 6.92 Å². The highest BCUT2D eigenvalue weighted by molar-refractivity contribution is 7.17. The molecular weight excluding hydrogens is 300 g/mol. The Bertz CT molecular complexity index is 877. The normalized spacial score (nSPS) is 11.4. The number of aryl methyl sites for hydroxylation is 1. The van der Waals surface area contributed by atoms with Gasteiger partial charge in [0.25, 0.3) is 0 Å². The number of carbonyl (C=O) groups is 1. The number of benzene rings is 1. The van der Waals surface area contributed by atoms with Gasteiger partial charge >= 0.3 is 5.97 Å². The van der Waals surface area contributed by atoms with Crippen molar-refractivity contribution in [3.63, 3.8) is 0 Å². The number of rotatable bonds is 4. The maximum absolute atomic E-state index is 10.9. The minimum atomic E-state index is -0.988. The molecule has 0 atom stereocenters. The van der Waals surface area contributed by atoms with Gasteiger partial charge in [-0.25, -0.2) is 9.78 Å². The van der Waals surface area contributed by atoms with Gasteiger partial charge in [-0.1, -0.05) is 12.1 Å². The van der Waals surface area contributed by atoms with Crippen LogP contribution in [0.4, 0.5) is 0 Å². The number of methoxy groups -OCH3 is 1. The number of nitrogens with zero attached hydrogens (tertiary/aromatic N) is 2. The third kappa shape index (κ3) is 2.60. The van der Waals surface area contributed by atoms with Crippen LogP contribution in [0.2, 0.25) is 0 Å². The Hall–Kier alpha value is -2.60. The largest absolute Gasteiger partial charge is 0.497 e. The van der Waals surface area contributed by atoms with Crippen LogP contribution >= 0.6 is 11.3 Å². The Labute approximate surface area is 131 Å². The molecule has 0 aliphatic rings. The number of fused-ring (bicyclic) bond motifs is 1. The highest BCUT2D eigenvalue weighted by Gasteiger charge is 2.14. The third-order valence-electron chi connectivity index (χ3n) is 3.21. The summed E-state index contributed by atoms with van der Waals surface area (Å²) in [6.45, 7) is 2.00. The average molecular weight is 314 g/mol. The molecule has 22 heavy (non-hydrogen) atoms. The fraction of sp³-hybridized carbons (Fsp3) is 0.125. The van der Waals surface area contributed by atoms with Crippen LogP contribution in [0, 0.1) is 6.92 Å². The van der Waals surface area contributed by atoms with Crippen molar-refractivity contribution in [1.29, 1.82) is 0 Å². The van der Waals surface area contributed by atoms with Crippen LogP contribution in [0.25, 0.3) is 22.3 Å². The van der Waals surface area contributed by atoms with Crippen molar-refractivity contribution < 1.29 is 14.6 Å². The van der Waals surface area contributed by atoms with E-state index in [1.54, 1.807) is 24.5 Å². The molecule has 2 aromatic heterocycles. The average Bonchev–Trinajstić information content (AvgIpc) is 3.01. The van der Waals surface area contributed by atoms with Gasteiger partial charge in [-0.05, 0) is 25.1 Å². The second kappa shape index (κ2) is 5.65. The number of carboxylic acids is 1. The topological polar surface area (TPSA) is 63.8 Å². The SMILES string of the molecule is COc1cccc(-c2nc3sc(C)cn3c2/C=C/C(=O)O)c1. The minimum absolute atomic E-state index is 0.734. The molecule has 112 valence electrons. The summed E-state index contributed by atoms with van der Waals surface area (Å²) < 4.78 is 7.16. The molecule has 0 bridgehead atoms. The van der Waals surface area contributed by atoms with E-state index in [2.05, 4.69) is 4.98 Å². The van der Waals surface area contributed by atoms with Crippen LogP contribution in [0.3, 0.4) is 0 Å². The van der Waals surface area contributed by atoms with Gasteiger partial charge < -0.3 is 9.84 Å². The monoisotopic (exact) mass is 314 g/mol. The fourth-order valence-corrected chi connectivity index (χ4v) is 3.10. The first-order valence-corrected chi connectivity index (χ1v) is 7.44. The van der Waals surface area contributed by atoms with Crippen molar-refractivity contribution in [1.82, 2.24) is 9.38 Å². The van der Waals surface area contributed by atoms with Crippen molar-refractivity contribution in [2.24, 2.45) is 0 Å². The lowest BCUT2D eigenvalue weighted by Gasteiger charge is -2.03. The number of thiazole rings is 1. The Morgan fingerprint density at radius 3 is 3.00 bits per heavy atom. The van der Waals surface area contributed by atoms with Gasteiger partial charge in [-0.15, -0.1) is 11.3 Å². The van der Waals surface area contributed by atoms with Gasteiger partial charge in [0.1, 0.15) is 5.75 Å². The maximum atomic E-state index is 10.9. The predicted octanol–water partition coefficient (Wildman–Crippen LogP) is 3.48. The Kier molecular flexibility index (Phi) is 3.68. The summed E-state index contributed by atoms with van der Waals surface area (Å²) in [6.07, 6.45) is 4.65. The minimum Gasteiger partial charge on any atom is -0.497 e. The van der Waals surface area contributed by atoms with Crippen LogP contribution in [0.15, 0.2) is 36.5 Å². The maximum Gasteiger partial charge on any atom is 0.328 e. The lowest BCUT2D eigenvalue weighted by atomic mass is 10.1. The van der Waals surface area contributed by atoms with E-state index in [4.69, 9.17) is 9.84 Å². The summed E-state index contributed by atoms with van der Waals surface area (Å²) in [4.78, 5) is 17.4. The second-order valence-electron chi connectivity index (χ2n) is 4.74. The van der Waals surface area contributed by atoms with E-state index < -0.39 is 5.97 Å². The highest BCUT2D eigenvalue weighted by Crippen LogP contribution is 2.30. The van der Waals surface area contributed by atoms with Crippen LogP contribution < -0.4 is 4.74 Å². The first kappa shape index (κ1) is 14.3. The number of carboxylic acid groups (broad SMARTS) is 1. The van der Waals surface area contributed by atoms with Gasteiger partial charge in [0.15, 0.2) is 4.96 Å². The van der Waals surface area contributed by atoms with Crippen molar-refractivity contribution in [3.8, 4) is 17.0 Å². The standard InChI is InChI=1S/C16H14N2O3S/c1-10-9-18-13(6-7-14(19)20)15(17-16(18)22-10)11-4-3-5-12(8-11)21-2/h3-9H,1-2H3,(H,19,20)/b7-6+. The van der Waals surface area contributed by atoms with Gasteiger partial charge in [0, 0.05) is 22.7 Å². The molecule has 0 amide bonds. The van der Waals surface area contributed by atoms with Crippen LogP contribution in [-0.4, -0.2) is 27.6 Å². The molecule has 0 aliphatic carbocycles. The lowest BCUT2D eigenvalue weighted by Crippen LogP contribution is -1.90. The quantitative estimate of drug-likeness (QED) is 0.749. The lowest BCUT2D eigenvalue weighted by molar-refractivity contribution is -0.131. The molecule has 0 saturated heterocycles. The van der Waals surface area contributed by atoms with Crippen molar-refractivity contribution >= 4 is 28.3 Å². The Balaban J connectivity index is 2.21. The summed E-state index contributed by atoms with van der Waals surface area (Å²) in [5.41, 5.74) is 2.37. The van der Waals surface area contributed by atoms with E-state index in [9.17, 15) is 4.79 Å².